The van der Waals surface area contributed by atoms with E-state index in [-0.39, 0.29) is 5.82 Å². The van der Waals surface area contributed by atoms with Gasteiger partial charge in [0.2, 0.25) is 0 Å². The van der Waals surface area contributed by atoms with Crippen molar-refractivity contribution in [3.05, 3.63) is 35.6 Å². The van der Waals surface area contributed by atoms with Gasteiger partial charge in [-0.2, -0.15) is 0 Å². The molecule has 1 rings (SSSR count). The van der Waals surface area contributed by atoms with Crippen LogP contribution in [0.25, 0.3) is 0 Å². The molecule has 2 N–H and O–H groups in total. The monoisotopic (exact) mass is 199 g/mol. The van der Waals surface area contributed by atoms with Gasteiger partial charge in [0.25, 0.3) is 0 Å². The number of halogens is 2. The molecule has 0 spiro atoms. The van der Waals surface area contributed by atoms with Crippen molar-refractivity contribution >= 4 is 0 Å². The summed E-state index contributed by atoms with van der Waals surface area (Å²) in [7, 11) is 0. The fraction of sp³-hybridized carbons (Fsp3) is 0.455. The van der Waals surface area contributed by atoms with Gasteiger partial charge in [-0.1, -0.05) is 12.1 Å². The average Bonchev–Trinajstić information content (AvgIpc) is 2.02. The van der Waals surface area contributed by atoms with Gasteiger partial charge >= 0.3 is 0 Å². The van der Waals surface area contributed by atoms with Crippen molar-refractivity contribution in [1.82, 2.24) is 0 Å². The molecule has 1 nitrogen and oxygen atoms in total. The van der Waals surface area contributed by atoms with Crippen molar-refractivity contribution in [1.29, 1.82) is 0 Å². The molecule has 3 heteroatoms. The first-order valence-electron chi connectivity index (χ1n) is 4.58. The van der Waals surface area contributed by atoms with E-state index in [2.05, 4.69) is 0 Å². The van der Waals surface area contributed by atoms with Crippen LogP contribution in [0.5, 0.6) is 0 Å². The Balaban J connectivity index is 2.70. The molecule has 1 aromatic carbocycles. The minimum absolute atomic E-state index is 0.314. The summed E-state index contributed by atoms with van der Waals surface area (Å²) in [6.07, 6.45) is 0.348. The van der Waals surface area contributed by atoms with Crippen molar-refractivity contribution < 1.29 is 8.78 Å². The van der Waals surface area contributed by atoms with Crippen LogP contribution < -0.4 is 5.73 Å². The van der Waals surface area contributed by atoms with Crippen molar-refractivity contribution in [3.63, 3.8) is 0 Å². The van der Waals surface area contributed by atoms with Crippen LogP contribution in [0.2, 0.25) is 0 Å². The van der Waals surface area contributed by atoms with E-state index in [9.17, 15) is 8.78 Å². The molecule has 0 aliphatic carbocycles. The number of benzene rings is 1. The van der Waals surface area contributed by atoms with Gasteiger partial charge in [-0.3, -0.25) is 0 Å². The number of hydrogen-bond donors (Lipinski definition) is 1. The Bertz CT molecular complexity index is 304. The molecule has 0 amide bonds. The van der Waals surface area contributed by atoms with Crippen LogP contribution >= 0.6 is 0 Å². The molecule has 0 fully saturated rings. The molecule has 0 heterocycles. The van der Waals surface area contributed by atoms with Crippen molar-refractivity contribution in [2.45, 2.75) is 32.0 Å². The van der Waals surface area contributed by atoms with E-state index in [1.54, 1.807) is 12.1 Å². The predicted octanol–water partition coefficient (Wildman–Crippen LogP) is 2.44. The number of hydrogen-bond acceptors (Lipinski definition) is 1. The largest absolute Gasteiger partial charge is 0.325 e. The van der Waals surface area contributed by atoms with Crippen LogP contribution in [0, 0.1) is 5.82 Å². The minimum Gasteiger partial charge on any atom is -0.325 e. The lowest BCUT2D eigenvalue weighted by atomic mass is 9.95. The molecule has 1 unspecified atom stereocenters. The van der Waals surface area contributed by atoms with Crippen LogP contribution in [-0.2, 0) is 6.42 Å². The molecule has 0 bridgehead atoms. The summed E-state index contributed by atoms with van der Waals surface area (Å²) in [5.41, 5.74) is 4.92. The molecule has 14 heavy (non-hydrogen) atoms. The summed E-state index contributed by atoms with van der Waals surface area (Å²) >= 11 is 0. The zero-order chi connectivity index (χ0) is 10.8. The lowest BCUT2D eigenvalue weighted by Gasteiger charge is -2.22. The number of nitrogens with two attached hydrogens (primary N) is 1. The highest BCUT2D eigenvalue weighted by Crippen LogP contribution is 2.17. The third-order valence-electron chi connectivity index (χ3n) is 2.23. The Morgan fingerprint density at radius 1 is 1.43 bits per heavy atom. The standard InChI is InChI=1S/C11H15F2N/c1-11(2,13)10(14)7-8-4-3-5-9(12)6-8/h3-6,10H,7,14H2,1-2H3. The van der Waals surface area contributed by atoms with Gasteiger partial charge < -0.3 is 5.73 Å². The topological polar surface area (TPSA) is 26.0 Å². The molecule has 0 radical (unpaired) electrons. The van der Waals surface area contributed by atoms with Gasteiger partial charge in [0, 0.05) is 6.04 Å². The number of alkyl halides is 1. The molecule has 1 atom stereocenters. The second kappa shape index (κ2) is 4.05. The van der Waals surface area contributed by atoms with Gasteiger partial charge in [0.15, 0.2) is 0 Å². The van der Waals surface area contributed by atoms with E-state index in [0.717, 1.165) is 5.56 Å². The van der Waals surface area contributed by atoms with E-state index in [1.807, 2.05) is 0 Å². The SMILES string of the molecule is CC(C)(F)C(N)Cc1cccc(F)c1. The molecule has 0 saturated heterocycles. The average molecular weight is 199 g/mol. The molecular formula is C11H15F2N. The van der Waals surface area contributed by atoms with Gasteiger partial charge in [0.05, 0.1) is 0 Å². The van der Waals surface area contributed by atoms with Gasteiger partial charge in [-0.25, -0.2) is 8.78 Å². The molecule has 0 aliphatic heterocycles. The first kappa shape index (κ1) is 11.1. The lowest BCUT2D eigenvalue weighted by molar-refractivity contribution is 0.172. The maximum absolute atomic E-state index is 13.3. The minimum atomic E-state index is -1.44. The van der Waals surface area contributed by atoms with E-state index >= 15 is 0 Å². The van der Waals surface area contributed by atoms with Crippen molar-refractivity contribution in [3.8, 4) is 0 Å². The van der Waals surface area contributed by atoms with Gasteiger partial charge in [-0.15, -0.1) is 0 Å². The highest BCUT2D eigenvalue weighted by molar-refractivity contribution is 5.18. The fourth-order valence-electron chi connectivity index (χ4n) is 1.16. The van der Waals surface area contributed by atoms with Crippen LogP contribution in [0.1, 0.15) is 19.4 Å². The second-order valence-electron chi connectivity index (χ2n) is 4.00. The normalized spacial score (nSPS) is 14.1. The van der Waals surface area contributed by atoms with Gasteiger partial charge in [0.1, 0.15) is 11.5 Å². The zero-order valence-corrected chi connectivity index (χ0v) is 8.43. The Morgan fingerprint density at radius 3 is 2.57 bits per heavy atom. The van der Waals surface area contributed by atoms with Crippen molar-refractivity contribution in [2.75, 3.05) is 0 Å². The first-order valence-corrected chi connectivity index (χ1v) is 4.58. The summed E-state index contributed by atoms with van der Waals surface area (Å²) in [5, 5.41) is 0. The first-order chi connectivity index (χ1) is 6.39. The van der Waals surface area contributed by atoms with E-state index in [1.165, 1.54) is 26.0 Å². The molecular weight excluding hydrogens is 184 g/mol. The molecule has 0 aliphatic rings. The Hall–Kier alpha value is -0.960. The Labute approximate surface area is 82.9 Å². The third kappa shape index (κ3) is 3.07. The molecule has 0 aromatic heterocycles. The van der Waals surface area contributed by atoms with Crippen LogP contribution in [0.4, 0.5) is 8.78 Å². The maximum Gasteiger partial charge on any atom is 0.123 e. The highest BCUT2D eigenvalue weighted by Gasteiger charge is 2.25. The summed E-state index contributed by atoms with van der Waals surface area (Å²) in [6, 6.07) is 5.47. The molecule has 0 saturated carbocycles. The van der Waals surface area contributed by atoms with Crippen LogP contribution in [0.3, 0.4) is 0 Å². The van der Waals surface area contributed by atoms with E-state index < -0.39 is 11.7 Å². The second-order valence-corrected chi connectivity index (χ2v) is 4.00. The highest BCUT2D eigenvalue weighted by atomic mass is 19.1. The van der Waals surface area contributed by atoms with Crippen molar-refractivity contribution in [2.24, 2.45) is 5.73 Å². The summed E-state index contributed by atoms with van der Waals surface area (Å²) in [4.78, 5) is 0. The Morgan fingerprint density at radius 2 is 2.07 bits per heavy atom. The summed E-state index contributed by atoms with van der Waals surface area (Å²) in [5.74, 6) is -0.314. The quantitative estimate of drug-likeness (QED) is 0.795. The summed E-state index contributed by atoms with van der Waals surface area (Å²) < 4.78 is 26.1. The maximum atomic E-state index is 13.3. The molecule has 78 valence electrons. The zero-order valence-electron chi connectivity index (χ0n) is 8.43. The third-order valence-corrected chi connectivity index (χ3v) is 2.23. The lowest BCUT2D eigenvalue weighted by Crippen LogP contribution is -2.41. The smallest absolute Gasteiger partial charge is 0.123 e. The molecule has 1 aromatic rings. The summed E-state index contributed by atoms with van der Waals surface area (Å²) in [6.45, 7) is 2.86. The van der Waals surface area contributed by atoms with Crippen LogP contribution in [-0.4, -0.2) is 11.7 Å². The number of rotatable bonds is 3. The predicted molar refractivity (Wildman–Crippen MR) is 53.3 cm³/mol. The van der Waals surface area contributed by atoms with E-state index in [0.29, 0.717) is 6.42 Å². The Kier molecular flexibility index (Phi) is 3.21. The fourth-order valence-corrected chi connectivity index (χ4v) is 1.16. The van der Waals surface area contributed by atoms with E-state index in [4.69, 9.17) is 5.73 Å². The van der Waals surface area contributed by atoms with Crippen LogP contribution in [0.15, 0.2) is 24.3 Å². The van der Waals surface area contributed by atoms with Gasteiger partial charge in [-0.05, 0) is 38.0 Å².